The van der Waals surface area contributed by atoms with Crippen molar-refractivity contribution < 1.29 is 0 Å². The molecule has 0 aliphatic rings. The summed E-state index contributed by atoms with van der Waals surface area (Å²) in [7, 11) is 0. The van der Waals surface area contributed by atoms with Crippen LogP contribution >= 0.6 is 0 Å². The first kappa shape index (κ1) is 16.3. The Kier molecular flexibility index (Phi) is 14.6. The Morgan fingerprint density at radius 1 is 0.824 bits per heavy atom. The van der Waals surface area contributed by atoms with Crippen molar-refractivity contribution in [2.75, 3.05) is 0 Å². The molecule has 0 heteroatoms. The second-order valence-corrected chi connectivity index (χ2v) is 4.68. The molecule has 0 spiro atoms. The summed E-state index contributed by atoms with van der Waals surface area (Å²) < 4.78 is 0. The Morgan fingerprint density at radius 3 is 2.00 bits per heavy atom. The Labute approximate surface area is 109 Å². The van der Waals surface area contributed by atoms with Gasteiger partial charge in [0, 0.05) is 0 Å². The van der Waals surface area contributed by atoms with Gasteiger partial charge in [-0.2, -0.15) is 0 Å². The van der Waals surface area contributed by atoms with E-state index in [1.54, 1.807) is 0 Å². The Morgan fingerprint density at radius 2 is 1.41 bits per heavy atom. The fraction of sp³-hybridized carbons (Fsp3) is 0.706. The van der Waals surface area contributed by atoms with E-state index in [0.29, 0.717) is 0 Å². The van der Waals surface area contributed by atoms with Crippen molar-refractivity contribution in [2.24, 2.45) is 0 Å². The van der Waals surface area contributed by atoms with Gasteiger partial charge in [0.15, 0.2) is 0 Å². The molecule has 0 amide bonds. The summed E-state index contributed by atoms with van der Waals surface area (Å²) >= 11 is 0. The Bertz CT molecular complexity index is 216. The van der Waals surface area contributed by atoms with Gasteiger partial charge in [-0.05, 0) is 31.9 Å². The van der Waals surface area contributed by atoms with Crippen LogP contribution in [0.4, 0.5) is 0 Å². The maximum atomic E-state index is 3.17. The van der Waals surface area contributed by atoms with Gasteiger partial charge >= 0.3 is 0 Å². The van der Waals surface area contributed by atoms with Gasteiger partial charge in [0.1, 0.15) is 0 Å². The number of rotatable bonds is 11. The summed E-state index contributed by atoms with van der Waals surface area (Å²) in [6.07, 6.45) is 22.0. The molecule has 0 unspecified atom stereocenters. The lowest BCUT2D eigenvalue weighted by Gasteiger charge is -2.00. The number of unbranched alkanes of at least 4 members (excludes halogenated alkanes) is 9. The lowest BCUT2D eigenvalue weighted by molar-refractivity contribution is 0.566. The van der Waals surface area contributed by atoms with E-state index in [1.807, 2.05) is 25.2 Å². The van der Waals surface area contributed by atoms with E-state index in [0.717, 1.165) is 0 Å². The average molecular weight is 234 g/mol. The predicted octanol–water partition coefficient (Wildman–Crippen LogP) is 6.19. The van der Waals surface area contributed by atoms with Gasteiger partial charge in [-0.15, -0.1) is 5.73 Å². The number of allylic oxidation sites excluding steroid dienone is 3. The van der Waals surface area contributed by atoms with Gasteiger partial charge in [0.2, 0.25) is 0 Å². The van der Waals surface area contributed by atoms with Crippen molar-refractivity contribution in [3.05, 3.63) is 30.0 Å². The van der Waals surface area contributed by atoms with Crippen LogP contribution in [0.3, 0.4) is 0 Å². The van der Waals surface area contributed by atoms with E-state index in [2.05, 4.69) is 18.7 Å². The zero-order chi connectivity index (χ0) is 12.6. The maximum absolute atomic E-state index is 3.17. The third kappa shape index (κ3) is 15.3. The van der Waals surface area contributed by atoms with E-state index in [-0.39, 0.29) is 0 Å². The summed E-state index contributed by atoms with van der Waals surface area (Å²) in [5, 5.41) is 0. The van der Waals surface area contributed by atoms with E-state index in [9.17, 15) is 0 Å². The van der Waals surface area contributed by atoms with Crippen LogP contribution < -0.4 is 0 Å². The highest BCUT2D eigenvalue weighted by molar-refractivity contribution is 5.00. The Hall–Kier alpha value is -0.740. The van der Waals surface area contributed by atoms with Crippen molar-refractivity contribution in [1.29, 1.82) is 0 Å². The standard InChI is InChI=1S/C17H30/c1-3-5-7-9-11-13-15-17-16-14-12-10-8-6-4-2/h3,5,7,11H,4,6,8,10,12-17H2,1-2H3. The lowest BCUT2D eigenvalue weighted by Crippen LogP contribution is -1.80. The van der Waals surface area contributed by atoms with Crippen molar-refractivity contribution in [1.82, 2.24) is 0 Å². The van der Waals surface area contributed by atoms with Gasteiger partial charge in [-0.1, -0.05) is 70.4 Å². The molecule has 0 nitrogen and oxygen atoms in total. The minimum Gasteiger partial charge on any atom is -0.125 e. The first-order valence-electron chi connectivity index (χ1n) is 7.44. The second kappa shape index (κ2) is 15.3. The molecule has 17 heavy (non-hydrogen) atoms. The molecule has 0 aliphatic carbocycles. The molecule has 0 radical (unpaired) electrons. The lowest BCUT2D eigenvalue weighted by atomic mass is 10.1. The smallest absolute Gasteiger partial charge is 0.0206 e. The topological polar surface area (TPSA) is 0 Å². The number of hydrogen-bond acceptors (Lipinski definition) is 0. The quantitative estimate of drug-likeness (QED) is 0.227. The molecule has 0 rings (SSSR count). The van der Waals surface area contributed by atoms with E-state index in [1.165, 1.54) is 64.2 Å². The van der Waals surface area contributed by atoms with Crippen molar-refractivity contribution in [2.45, 2.75) is 78.1 Å². The van der Waals surface area contributed by atoms with E-state index < -0.39 is 0 Å². The fourth-order valence-corrected chi connectivity index (χ4v) is 1.86. The van der Waals surface area contributed by atoms with Crippen LogP contribution in [0.5, 0.6) is 0 Å². The van der Waals surface area contributed by atoms with Crippen molar-refractivity contribution >= 4 is 0 Å². The van der Waals surface area contributed by atoms with Gasteiger partial charge in [-0.25, -0.2) is 0 Å². The average Bonchev–Trinajstić information content (AvgIpc) is 2.35. The molecule has 0 aromatic rings. The molecule has 0 saturated carbocycles. The normalized spacial score (nSPS) is 10.5. The van der Waals surface area contributed by atoms with Crippen molar-refractivity contribution in [3.8, 4) is 0 Å². The summed E-state index contributed by atoms with van der Waals surface area (Å²) in [5.41, 5.74) is 3.17. The van der Waals surface area contributed by atoms with Crippen LogP contribution in [0.2, 0.25) is 0 Å². The zero-order valence-electron chi connectivity index (χ0n) is 11.9. The summed E-state index contributed by atoms with van der Waals surface area (Å²) in [6, 6.07) is 0. The van der Waals surface area contributed by atoms with Crippen LogP contribution in [-0.2, 0) is 0 Å². The molecule has 0 N–H and O–H groups in total. The van der Waals surface area contributed by atoms with E-state index >= 15 is 0 Å². The molecule has 98 valence electrons. The van der Waals surface area contributed by atoms with Crippen LogP contribution in [0.1, 0.15) is 78.1 Å². The van der Waals surface area contributed by atoms with Crippen molar-refractivity contribution in [3.63, 3.8) is 0 Å². The SMILES string of the molecule is CC=CC=C=CCCCCCCCCCCC. The molecule has 0 fully saturated rings. The van der Waals surface area contributed by atoms with Crippen LogP contribution in [0.25, 0.3) is 0 Å². The minimum absolute atomic E-state index is 1.18. The molecule has 0 saturated heterocycles. The molecule has 0 atom stereocenters. The molecule has 0 heterocycles. The highest BCUT2D eigenvalue weighted by Crippen LogP contribution is 2.10. The largest absolute Gasteiger partial charge is 0.125 e. The Balaban J connectivity index is 3.11. The minimum atomic E-state index is 1.18. The molecule has 0 aromatic carbocycles. The van der Waals surface area contributed by atoms with Crippen LogP contribution in [0, 0.1) is 0 Å². The van der Waals surface area contributed by atoms with Gasteiger partial charge in [0.25, 0.3) is 0 Å². The first-order valence-corrected chi connectivity index (χ1v) is 7.44. The highest BCUT2D eigenvalue weighted by atomic mass is 14.0. The van der Waals surface area contributed by atoms with Gasteiger partial charge < -0.3 is 0 Å². The first-order chi connectivity index (χ1) is 8.41. The molecular formula is C17H30. The van der Waals surface area contributed by atoms with Crippen LogP contribution in [-0.4, -0.2) is 0 Å². The van der Waals surface area contributed by atoms with E-state index in [4.69, 9.17) is 0 Å². The summed E-state index contributed by atoms with van der Waals surface area (Å²) in [5.74, 6) is 0. The fourth-order valence-electron chi connectivity index (χ4n) is 1.86. The summed E-state index contributed by atoms with van der Waals surface area (Å²) in [6.45, 7) is 4.30. The van der Waals surface area contributed by atoms with Gasteiger partial charge in [-0.3, -0.25) is 0 Å². The third-order valence-corrected chi connectivity index (χ3v) is 2.95. The molecule has 0 aromatic heterocycles. The highest BCUT2D eigenvalue weighted by Gasteiger charge is 1.90. The summed E-state index contributed by atoms with van der Waals surface area (Å²) in [4.78, 5) is 0. The predicted molar refractivity (Wildman–Crippen MR) is 79.3 cm³/mol. The zero-order valence-corrected chi connectivity index (χ0v) is 11.9. The van der Waals surface area contributed by atoms with Crippen LogP contribution in [0.15, 0.2) is 30.0 Å². The second-order valence-electron chi connectivity index (χ2n) is 4.68. The molecular weight excluding hydrogens is 204 g/mol. The number of hydrogen-bond donors (Lipinski definition) is 0. The third-order valence-electron chi connectivity index (χ3n) is 2.95. The monoisotopic (exact) mass is 234 g/mol. The molecule has 0 aliphatic heterocycles. The van der Waals surface area contributed by atoms with Gasteiger partial charge in [0.05, 0.1) is 0 Å². The maximum Gasteiger partial charge on any atom is -0.0206 e. The molecule has 0 bridgehead atoms.